The fourth-order valence-corrected chi connectivity index (χ4v) is 3.89. The second kappa shape index (κ2) is 3.38. The van der Waals surface area contributed by atoms with E-state index in [2.05, 4.69) is 4.98 Å². The normalized spacial score (nSPS) is 27.8. The second-order valence-electron chi connectivity index (χ2n) is 4.21. The Hall–Kier alpha value is -1.23. The van der Waals surface area contributed by atoms with Gasteiger partial charge in [0.2, 0.25) is 0 Å². The summed E-state index contributed by atoms with van der Waals surface area (Å²) >= 11 is 1.70. The highest BCUT2D eigenvalue weighted by molar-refractivity contribution is 8.00. The number of aromatic amines is 1. The Morgan fingerprint density at radius 1 is 1.62 bits per heavy atom. The summed E-state index contributed by atoms with van der Waals surface area (Å²) in [5, 5.41) is 0.143. The Kier molecular flexibility index (Phi) is 2.10. The molecule has 5 heteroatoms. The van der Waals surface area contributed by atoms with Crippen molar-refractivity contribution in [3.8, 4) is 0 Å². The van der Waals surface area contributed by atoms with E-state index in [4.69, 9.17) is 0 Å². The molecule has 2 aliphatic heterocycles. The number of carbonyl (C=O) groups is 2. The van der Waals surface area contributed by atoms with Crippen LogP contribution >= 0.6 is 11.8 Å². The first kappa shape index (κ1) is 9.96. The summed E-state index contributed by atoms with van der Waals surface area (Å²) in [5.41, 5.74) is 1.73. The number of Topliss-reactive ketones (excluding diaryl/α,β-unsaturated/α-hetero) is 1. The van der Waals surface area contributed by atoms with Crippen molar-refractivity contribution in [2.75, 3.05) is 5.75 Å². The highest BCUT2D eigenvalue weighted by Gasteiger charge is 2.44. The van der Waals surface area contributed by atoms with Gasteiger partial charge >= 0.3 is 0 Å². The smallest absolute Gasteiger partial charge is 0.272 e. The maximum atomic E-state index is 12.2. The second-order valence-corrected chi connectivity index (χ2v) is 5.42. The number of hydrogen-bond acceptors (Lipinski definition) is 3. The lowest BCUT2D eigenvalue weighted by Crippen LogP contribution is -2.48. The number of nitrogens with zero attached hydrogens (tertiary/aromatic N) is 1. The van der Waals surface area contributed by atoms with Gasteiger partial charge in [0.25, 0.3) is 5.91 Å². The van der Waals surface area contributed by atoms with E-state index in [9.17, 15) is 9.59 Å². The third kappa shape index (κ3) is 1.24. The number of H-pyrrole nitrogens is 1. The summed E-state index contributed by atoms with van der Waals surface area (Å²) in [6.07, 6.45) is 2.64. The summed E-state index contributed by atoms with van der Waals surface area (Å²) in [5.74, 6) is 0.788. The number of nitrogens with one attached hydrogen (secondary N) is 1. The minimum absolute atomic E-state index is 0.0264. The molecule has 1 aromatic heterocycles. The number of amides is 1. The molecule has 0 bridgehead atoms. The number of carbonyl (C=O) groups excluding carboxylic acids is 2. The molecular weight excluding hydrogens is 224 g/mol. The van der Waals surface area contributed by atoms with E-state index in [-0.39, 0.29) is 23.1 Å². The predicted octanol–water partition coefficient (Wildman–Crippen LogP) is 1.04. The molecule has 2 atom stereocenters. The van der Waals surface area contributed by atoms with E-state index in [0.29, 0.717) is 5.69 Å². The first-order valence-corrected chi connectivity index (χ1v) is 6.34. The molecule has 0 spiro atoms. The molecule has 2 aliphatic rings. The van der Waals surface area contributed by atoms with Crippen LogP contribution in [0.2, 0.25) is 0 Å². The van der Waals surface area contributed by atoms with Gasteiger partial charge in [-0.25, -0.2) is 0 Å². The van der Waals surface area contributed by atoms with Crippen LogP contribution in [0.5, 0.6) is 0 Å². The first-order valence-electron chi connectivity index (χ1n) is 5.29. The third-order valence-corrected chi connectivity index (χ3v) is 4.52. The SMILES string of the molecule is CC(=O)C1CSC2Cc3cc[nH]c3C(=O)N21. The van der Waals surface area contributed by atoms with Gasteiger partial charge in [0.05, 0.1) is 5.37 Å². The van der Waals surface area contributed by atoms with E-state index >= 15 is 0 Å². The van der Waals surface area contributed by atoms with E-state index < -0.39 is 0 Å². The summed E-state index contributed by atoms with van der Waals surface area (Å²) in [4.78, 5) is 28.4. The van der Waals surface area contributed by atoms with Crippen molar-refractivity contribution in [2.45, 2.75) is 24.8 Å². The summed E-state index contributed by atoms with van der Waals surface area (Å²) in [6, 6.07) is 1.71. The van der Waals surface area contributed by atoms with Crippen LogP contribution in [-0.4, -0.2) is 38.7 Å². The van der Waals surface area contributed by atoms with Crippen molar-refractivity contribution < 1.29 is 9.59 Å². The standard InChI is InChI=1S/C11H12N2O2S/c1-6(14)8-5-16-9-4-7-2-3-12-10(7)11(15)13(8)9/h2-3,8-9,12H,4-5H2,1H3. The molecule has 84 valence electrons. The largest absolute Gasteiger partial charge is 0.357 e. The maximum Gasteiger partial charge on any atom is 0.272 e. The number of hydrogen-bond donors (Lipinski definition) is 1. The number of fused-ring (bicyclic) bond motifs is 2. The molecule has 1 amide bonds. The molecule has 1 N–H and O–H groups in total. The minimum Gasteiger partial charge on any atom is -0.357 e. The van der Waals surface area contributed by atoms with Crippen LogP contribution in [0.15, 0.2) is 12.3 Å². The number of ketones is 1. The lowest BCUT2D eigenvalue weighted by atomic mass is 10.0. The lowest BCUT2D eigenvalue weighted by Gasteiger charge is -2.31. The van der Waals surface area contributed by atoms with E-state index in [0.717, 1.165) is 17.7 Å². The molecule has 3 heterocycles. The number of thioether (sulfide) groups is 1. The number of rotatable bonds is 1. The van der Waals surface area contributed by atoms with E-state index in [1.807, 2.05) is 6.07 Å². The summed E-state index contributed by atoms with van der Waals surface area (Å²) in [7, 11) is 0. The number of aromatic nitrogens is 1. The molecule has 2 unspecified atom stereocenters. The fourth-order valence-electron chi connectivity index (χ4n) is 2.39. The quantitative estimate of drug-likeness (QED) is 0.792. The zero-order valence-corrected chi connectivity index (χ0v) is 9.71. The van der Waals surface area contributed by atoms with Gasteiger partial charge in [-0.3, -0.25) is 9.59 Å². The Morgan fingerprint density at radius 2 is 2.44 bits per heavy atom. The molecule has 1 fully saturated rings. The topological polar surface area (TPSA) is 53.2 Å². The van der Waals surface area contributed by atoms with E-state index in [1.54, 1.807) is 29.8 Å². The van der Waals surface area contributed by atoms with Crippen LogP contribution in [0.4, 0.5) is 0 Å². The van der Waals surface area contributed by atoms with Gasteiger partial charge < -0.3 is 9.88 Å². The van der Waals surface area contributed by atoms with Gasteiger partial charge in [-0.05, 0) is 18.6 Å². The summed E-state index contributed by atoms with van der Waals surface area (Å²) < 4.78 is 0. The first-order chi connectivity index (χ1) is 7.68. The highest BCUT2D eigenvalue weighted by Crippen LogP contribution is 2.37. The summed E-state index contributed by atoms with van der Waals surface area (Å²) in [6.45, 7) is 1.56. The zero-order valence-electron chi connectivity index (χ0n) is 8.90. The molecule has 1 saturated heterocycles. The molecule has 4 nitrogen and oxygen atoms in total. The van der Waals surface area contributed by atoms with Crippen LogP contribution in [-0.2, 0) is 11.2 Å². The highest BCUT2D eigenvalue weighted by atomic mass is 32.2. The van der Waals surface area contributed by atoms with Crippen molar-refractivity contribution in [2.24, 2.45) is 0 Å². The maximum absolute atomic E-state index is 12.2. The van der Waals surface area contributed by atoms with Crippen molar-refractivity contribution >= 4 is 23.5 Å². The lowest BCUT2D eigenvalue weighted by molar-refractivity contribution is -0.120. The van der Waals surface area contributed by atoms with Crippen molar-refractivity contribution in [1.82, 2.24) is 9.88 Å². The van der Waals surface area contributed by atoms with Crippen LogP contribution in [0.25, 0.3) is 0 Å². The van der Waals surface area contributed by atoms with Crippen molar-refractivity contribution in [1.29, 1.82) is 0 Å². The van der Waals surface area contributed by atoms with Gasteiger partial charge in [-0.2, -0.15) is 0 Å². The molecule has 3 rings (SSSR count). The van der Waals surface area contributed by atoms with Crippen molar-refractivity contribution in [3.05, 3.63) is 23.5 Å². The monoisotopic (exact) mass is 236 g/mol. The van der Waals surface area contributed by atoms with Crippen LogP contribution in [0.1, 0.15) is 23.0 Å². The van der Waals surface area contributed by atoms with Gasteiger partial charge in [0, 0.05) is 18.4 Å². The molecule has 0 aromatic carbocycles. The van der Waals surface area contributed by atoms with Crippen LogP contribution < -0.4 is 0 Å². The zero-order chi connectivity index (χ0) is 11.3. The molecule has 0 saturated carbocycles. The van der Waals surface area contributed by atoms with Gasteiger partial charge in [0.15, 0.2) is 5.78 Å². The third-order valence-electron chi connectivity index (χ3n) is 3.24. The van der Waals surface area contributed by atoms with E-state index in [1.165, 1.54) is 0 Å². The molecule has 0 radical (unpaired) electrons. The predicted molar refractivity (Wildman–Crippen MR) is 61.4 cm³/mol. The van der Waals surface area contributed by atoms with Crippen molar-refractivity contribution in [3.63, 3.8) is 0 Å². The van der Waals surface area contributed by atoms with Crippen LogP contribution in [0, 0.1) is 0 Å². The molecule has 1 aromatic rings. The Bertz CT molecular complexity index is 468. The van der Waals surface area contributed by atoms with Gasteiger partial charge in [-0.1, -0.05) is 0 Å². The molecule has 16 heavy (non-hydrogen) atoms. The Labute approximate surface area is 97.4 Å². The average molecular weight is 236 g/mol. The van der Waals surface area contributed by atoms with Crippen LogP contribution in [0.3, 0.4) is 0 Å². The van der Waals surface area contributed by atoms with Gasteiger partial charge in [-0.15, -0.1) is 11.8 Å². The fraction of sp³-hybridized carbons (Fsp3) is 0.455. The molecular formula is C11H12N2O2S. The minimum atomic E-state index is -0.237. The van der Waals surface area contributed by atoms with Gasteiger partial charge in [0.1, 0.15) is 11.7 Å². The Balaban J connectivity index is 2.01. The average Bonchev–Trinajstić information content (AvgIpc) is 2.83. The Morgan fingerprint density at radius 3 is 3.19 bits per heavy atom. The molecule has 0 aliphatic carbocycles.